The molecule has 0 aromatic heterocycles. The third-order valence-corrected chi connectivity index (χ3v) is 3.85. The molecule has 6 heteroatoms. The Balaban J connectivity index is 2.06. The van der Waals surface area contributed by atoms with Crippen molar-refractivity contribution < 1.29 is 18.7 Å². The molecule has 0 unspecified atom stereocenters. The number of rotatable bonds is 5. The van der Waals surface area contributed by atoms with Gasteiger partial charge in [-0.15, -0.1) is 0 Å². The van der Waals surface area contributed by atoms with Gasteiger partial charge in [0.25, 0.3) is 5.91 Å². The van der Waals surface area contributed by atoms with Gasteiger partial charge in [-0.25, -0.2) is 9.18 Å². The Kier molecular flexibility index (Phi) is 5.97. The van der Waals surface area contributed by atoms with Gasteiger partial charge in [0, 0.05) is 17.8 Å². The lowest BCUT2D eigenvalue weighted by Gasteiger charge is -2.35. The van der Waals surface area contributed by atoms with Crippen LogP contribution in [-0.4, -0.2) is 28.9 Å². The molecule has 0 atom stereocenters. The SMILES string of the molecule is CC(C)(C)N(Cc1ccccc1)C(=O)COC(=O)c1ccc(F)cc1N. The number of nitrogens with two attached hydrogens (primary N) is 1. The van der Waals surface area contributed by atoms with Crippen LogP contribution < -0.4 is 5.73 Å². The van der Waals surface area contributed by atoms with Crippen LogP contribution in [0.3, 0.4) is 0 Å². The van der Waals surface area contributed by atoms with Gasteiger partial charge in [-0.3, -0.25) is 4.79 Å². The number of benzene rings is 2. The van der Waals surface area contributed by atoms with Gasteiger partial charge in [-0.1, -0.05) is 30.3 Å². The molecule has 0 bridgehead atoms. The summed E-state index contributed by atoms with van der Waals surface area (Å²) in [5.74, 6) is -1.63. The molecule has 0 fully saturated rings. The smallest absolute Gasteiger partial charge is 0.340 e. The van der Waals surface area contributed by atoms with Gasteiger partial charge in [0.2, 0.25) is 0 Å². The molecule has 1 amide bonds. The highest BCUT2D eigenvalue weighted by Crippen LogP contribution is 2.19. The number of nitrogens with zero attached hydrogens (tertiary/aromatic N) is 1. The molecule has 0 aliphatic rings. The number of esters is 1. The monoisotopic (exact) mass is 358 g/mol. The molecule has 2 N–H and O–H groups in total. The van der Waals surface area contributed by atoms with Crippen molar-refractivity contribution in [2.75, 3.05) is 12.3 Å². The van der Waals surface area contributed by atoms with Crippen LogP contribution in [0.1, 0.15) is 36.7 Å². The number of amides is 1. The van der Waals surface area contributed by atoms with Crippen LogP contribution in [0.25, 0.3) is 0 Å². The molecule has 0 aliphatic heterocycles. The largest absolute Gasteiger partial charge is 0.452 e. The number of carbonyl (C=O) groups is 2. The van der Waals surface area contributed by atoms with E-state index >= 15 is 0 Å². The van der Waals surface area contributed by atoms with Gasteiger partial charge in [0.1, 0.15) is 5.82 Å². The predicted octanol–water partition coefficient (Wildman–Crippen LogP) is 3.39. The highest BCUT2D eigenvalue weighted by atomic mass is 19.1. The minimum Gasteiger partial charge on any atom is -0.452 e. The first kappa shape index (κ1) is 19.4. The molecule has 0 saturated heterocycles. The van der Waals surface area contributed by atoms with E-state index in [1.54, 1.807) is 4.90 Å². The fourth-order valence-electron chi connectivity index (χ4n) is 2.47. The topological polar surface area (TPSA) is 72.6 Å². The molecule has 0 spiro atoms. The molecule has 5 nitrogen and oxygen atoms in total. The zero-order valence-electron chi connectivity index (χ0n) is 15.2. The summed E-state index contributed by atoms with van der Waals surface area (Å²) in [6.45, 7) is 5.72. The van der Waals surface area contributed by atoms with Crippen molar-refractivity contribution in [2.24, 2.45) is 0 Å². The minimum atomic E-state index is -0.760. The Morgan fingerprint density at radius 3 is 2.35 bits per heavy atom. The zero-order chi connectivity index (χ0) is 19.3. The summed E-state index contributed by atoms with van der Waals surface area (Å²) >= 11 is 0. The molecular weight excluding hydrogens is 335 g/mol. The highest BCUT2D eigenvalue weighted by molar-refractivity contribution is 5.96. The molecule has 2 aromatic carbocycles. The van der Waals surface area contributed by atoms with E-state index in [0.717, 1.165) is 17.7 Å². The fourth-order valence-corrected chi connectivity index (χ4v) is 2.47. The summed E-state index contributed by atoms with van der Waals surface area (Å²) in [5.41, 5.74) is 6.15. The Bertz CT molecular complexity index is 785. The second-order valence-electron chi connectivity index (χ2n) is 6.94. The van der Waals surface area contributed by atoms with E-state index in [0.29, 0.717) is 6.54 Å². The normalized spacial score (nSPS) is 11.1. The standard InChI is InChI=1S/C20H23FN2O3/c1-20(2,3)23(12-14-7-5-4-6-8-14)18(24)13-26-19(25)16-10-9-15(21)11-17(16)22/h4-11H,12-13,22H2,1-3H3. The van der Waals surface area contributed by atoms with Crippen LogP contribution in [0.2, 0.25) is 0 Å². The summed E-state index contributed by atoms with van der Waals surface area (Å²) in [6, 6.07) is 13.0. The lowest BCUT2D eigenvalue weighted by molar-refractivity contribution is -0.140. The Hall–Kier alpha value is -2.89. The summed E-state index contributed by atoms with van der Waals surface area (Å²) in [5, 5.41) is 0. The van der Waals surface area contributed by atoms with Crippen LogP contribution in [0, 0.1) is 5.82 Å². The van der Waals surface area contributed by atoms with Crippen LogP contribution in [-0.2, 0) is 16.1 Å². The highest BCUT2D eigenvalue weighted by Gasteiger charge is 2.27. The van der Waals surface area contributed by atoms with Crippen molar-refractivity contribution in [3.63, 3.8) is 0 Å². The summed E-state index contributed by atoms with van der Waals surface area (Å²) < 4.78 is 18.2. The van der Waals surface area contributed by atoms with Crippen molar-refractivity contribution in [3.05, 3.63) is 65.5 Å². The van der Waals surface area contributed by atoms with Crippen LogP contribution in [0.5, 0.6) is 0 Å². The molecule has 0 aliphatic carbocycles. The number of halogens is 1. The van der Waals surface area contributed by atoms with Gasteiger partial charge in [-0.2, -0.15) is 0 Å². The Labute approximate surface area is 152 Å². The third kappa shape index (κ3) is 5.05. The maximum absolute atomic E-state index is 13.1. The van der Waals surface area contributed by atoms with Gasteiger partial charge < -0.3 is 15.4 Å². The average molecular weight is 358 g/mol. The van der Waals surface area contributed by atoms with Gasteiger partial charge >= 0.3 is 5.97 Å². The van der Waals surface area contributed by atoms with Gasteiger partial charge in [0.05, 0.1) is 5.56 Å². The summed E-state index contributed by atoms with van der Waals surface area (Å²) in [6.07, 6.45) is 0. The molecule has 138 valence electrons. The maximum Gasteiger partial charge on any atom is 0.340 e. The number of nitrogen functional groups attached to an aromatic ring is 1. The van der Waals surface area contributed by atoms with Crippen LogP contribution in [0.4, 0.5) is 10.1 Å². The molecule has 2 rings (SSSR count). The van der Waals surface area contributed by atoms with Crippen molar-refractivity contribution in [3.8, 4) is 0 Å². The molecular formula is C20H23FN2O3. The van der Waals surface area contributed by atoms with E-state index in [1.165, 1.54) is 6.07 Å². The fraction of sp³-hybridized carbons (Fsp3) is 0.300. The first-order chi connectivity index (χ1) is 12.2. The van der Waals surface area contributed by atoms with Crippen molar-refractivity contribution in [1.82, 2.24) is 4.90 Å². The quantitative estimate of drug-likeness (QED) is 0.657. The third-order valence-electron chi connectivity index (χ3n) is 3.85. The van der Waals surface area contributed by atoms with Gasteiger partial charge in [-0.05, 0) is 44.5 Å². The lowest BCUT2D eigenvalue weighted by Crippen LogP contribution is -2.46. The van der Waals surface area contributed by atoms with E-state index in [-0.39, 0.29) is 17.2 Å². The Morgan fingerprint density at radius 1 is 1.12 bits per heavy atom. The maximum atomic E-state index is 13.1. The van der Waals surface area contributed by atoms with E-state index in [2.05, 4.69) is 0 Å². The molecule has 26 heavy (non-hydrogen) atoms. The minimum absolute atomic E-state index is 0.0283. The Morgan fingerprint density at radius 2 is 1.77 bits per heavy atom. The number of carbonyl (C=O) groups excluding carboxylic acids is 2. The molecule has 2 aromatic rings. The number of hydrogen-bond donors (Lipinski definition) is 1. The number of anilines is 1. The van der Waals surface area contributed by atoms with E-state index in [1.807, 2.05) is 51.1 Å². The van der Waals surface area contributed by atoms with Crippen molar-refractivity contribution in [2.45, 2.75) is 32.9 Å². The van der Waals surface area contributed by atoms with E-state index in [4.69, 9.17) is 10.5 Å². The van der Waals surface area contributed by atoms with Crippen molar-refractivity contribution >= 4 is 17.6 Å². The number of ether oxygens (including phenoxy) is 1. The van der Waals surface area contributed by atoms with Crippen LogP contribution >= 0.6 is 0 Å². The number of hydrogen-bond acceptors (Lipinski definition) is 4. The second-order valence-corrected chi connectivity index (χ2v) is 6.94. The first-order valence-corrected chi connectivity index (χ1v) is 8.25. The molecule has 0 radical (unpaired) electrons. The van der Waals surface area contributed by atoms with E-state index < -0.39 is 23.9 Å². The first-order valence-electron chi connectivity index (χ1n) is 8.25. The van der Waals surface area contributed by atoms with Gasteiger partial charge in [0.15, 0.2) is 6.61 Å². The van der Waals surface area contributed by atoms with E-state index in [9.17, 15) is 14.0 Å². The van der Waals surface area contributed by atoms with Crippen LogP contribution in [0.15, 0.2) is 48.5 Å². The summed E-state index contributed by atoms with van der Waals surface area (Å²) in [4.78, 5) is 26.4. The molecule has 0 heterocycles. The summed E-state index contributed by atoms with van der Waals surface area (Å²) in [7, 11) is 0. The predicted molar refractivity (Wildman–Crippen MR) is 97.8 cm³/mol. The zero-order valence-corrected chi connectivity index (χ0v) is 15.2. The lowest BCUT2D eigenvalue weighted by atomic mass is 10.0. The van der Waals surface area contributed by atoms with Crippen molar-refractivity contribution in [1.29, 1.82) is 0 Å². The average Bonchev–Trinajstić information content (AvgIpc) is 2.57. The second kappa shape index (κ2) is 7.99. The molecule has 0 saturated carbocycles.